The Balaban J connectivity index is 3.88. The molecule has 0 amide bonds. The molecule has 0 aliphatic rings. The van der Waals surface area contributed by atoms with Gasteiger partial charge in [-0.2, -0.15) is 0 Å². The first-order valence-corrected chi connectivity index (χ1v) is 21.9. The summed E-state index contributed by atoms with van der Waals surface area (Å²) in [5.41, 5.74) is 0. The quantitative estimate of drug-likeness (QED) is 0.0525. The van der Waals surface area contributed by atoms with Gasteiger partial charge in [-0.3, -0.25) is 9.05 Å². The summed E-state index contributed by atoms with van der Waals surface area (Å²) in [7, 11) is -3.89. The van der Waals surface area contributed by atoms with Gasteiger partial charge in [0.2, 0.25) is 0 Å². The molecular formula is C39H82NO4P. The van der Waals surface area contributed by atoms with E-state index in [0.717, 1.165) is 25.7 Å². The summed E-state index contributed by atoms with van der Waals surface area (Å²) >= 11 is 0. The van der Waals surface area contributed by atoms with Gasteiger partial charge in [0.1, 0.15) is 0 Å². The molecule has 0 radical (unpaired) electrons. The first-order valence-electron chi connectivity index (χ1n) is 20.4. The molecular weight excluding hydrogens is 577 g/mol. The second kappa shape index (κ2) is 36.9. The number of phosphoric ester groups is 1. The molecule has 0 aliphatic carbocycles. The fraction of sp³-hybridized carbons (Fsp3) is 1.00. The molecule has 272 valence electrons. The van der Waals surface area contributed by atoms with Gasteiger partial charge in [-0.15, -0.1) is 0 Å². The van der Waals surface area contributed by atoms with Crippen LogP contribution in [0.2, 0.25) is 0 Å². The van der Waals surface area contributed by atoms with Crippen molar-refractivity contribution >= 4 is 7.82 Å². The molecule has 0 bridgehead atoms. The van der Waals surface area contributed by atoms with Crippen LogP contribution in [-0.4, -0.2) is 42.6 Å². The monoisotopic (exact) mass is 660 g/mol. The molecule has 0 aromatic carbocycles. The van der Waals surface area contributed by atoms with Gasteiger partial charge in [0.05, 0.1) is 13.2 Å². The van der Waals surface area contributed by atoms with Gasteiger partial charge in [0.15, 0.2) is 0 Å². The maximum absolute atomic E-state index is 12.1. The minimum Gasteiger partial charge on any atom is -0.303 e. The topological polar surface area (TPSA) is 59.0 Å². The molecule has 0 fully saturated rings. The fourth-order valence-electron chi connectivity index (χ4n) is 6.23. The highest BCUT2D eigenvalue weighted by Crippen LogP contribution is 2.43. The van der Waals surface area contributed by atoms with E-state index in [4.69, 9.17) is 9.05 Å². The van der Waals surface area contributed by atoms with Gasteiger partial charge in [-0.25, -0.2) is 4.57 Å². The molecule has 0 aliphatic heterocycles. The molecule has 5 nitrogen and oxygen atoms in total. The average Bonchev–Trinajstić information content (AvgIpc) is 3.03. The number of phosphoric acid groups is 1. The Hall–Kier alpha value is 0.0700. The Morgan fingerprint density at radius 1 is 0.378 bits per heavy atom. The van der Waals surface area contributed by atoms with Crippen molar-refractivity contribution in [2.45, 2.75) is 220 Å². The van der Waals surface area contributed by atoms with E-state index in [-0.39, 0.29) is 0 Å². The molecule has 6 heteroatoms. The van der Waals surface area contributed by atoms with Crippen molar-refractivity contribution in [2.24, 2.45) is 0 Å². The lowest BCUT2D eigenvalue weighted by atomic mass is 10.1. The van der Waals surface area contributed by atoms with Gasteiger partial charge in [-0.05, 0) is 51.7 Å². The second-order valence-electron chi connectivity index (χ2n) is 13.9. The van der Waals surface area contributed by atoms with Crippen molar-refractivity contribution in [3.05, 3.63) is 0 Å². The van der Waals surface area contributed by atoms with Crippen LogP contribution in [0.25, 0.3) is 0 Å². The summed E-state index contributed by atoms with van der Waals surface area (Å²) in [6, 6.07) is 0. The molecule has 1 N–H and O–H groups in total. The highest BCUT2D eigenvalue weighted by Gasteiger charge is 2.20. The van der Waals surface area contributed by atoms with Gasteiger partial charge in [-0.1, -0.05) is 188 Å². The molecule has 0 spiro atoms. The number of hydrogen-bond donors (Lipinski definition) is 1. The summed E-state index contributed by atoms with van der Waals surface area (Å²) in [4.78, 5) is 12.7. The van der Waals surface area contributed by atoms with Crippen LogP contribution in [0, 0.1) is 0 Å². The van der Waals surface area contributed by atoms with Gasteiger partial charge in [0.25, 0.3) is 0 Å². The lowest BCUT2D eigenvalue weighted by molar-refractivity contribution is 0.145. The summed E-state index contributed by atoms with van der Waals surface area (Å²) < 4.78 is 22.5. The Morgan fingerprint density at radius 3 is 0.867 bits per heavy atom. The van der Waals surface area contributed by atoms with Crippen LogP contribution >= 0.6 is 7.82 Å². The van der Waals surface area contributed by atoms with Gasteiger partial charge in [0, 0.05) is 0 Å². The van der Waals surface area contributed by atoms with Gasteiger partial charge < -0.3 is 9.79 Å². The largest absolute Gasteiger partial charge is 0.472 e. The molecule has 45 heavy (non-hydrogen) atoms. The highest BCUT2D eigenvalue weighted by atomic mass is 31.2. The van der Waals surface area contributed by atoms with E-state index in [1.54, 1.807) is 0 Å². The minimum atomic E-state index is -3.89. The predicted octanol–water partition coefficient (Wildman–Crippen LogP) is 13.6. The summed E-state index contributed by atoms with van der Waals surface area (Å²) in [6.07, 6.45) is 40.2. The number of hydrogen-bond acceptors (Lipinski definition) is 4. The highest BCUT2D eigenvalue weighted by molar-refractivity contribution is 7.47. The Kier molecular flexibility index (Phi) is 37.0. The lowest BCUT2D eigenvalue weighted by Crippen LogP contribution is -2.27. The standard InChI is InChI=1S/C39H82NO4P/c1-4-7-10-13-16-19-23-28-33-38-43-45(41,42)44-39-34-29-24-22-27-32-37-40(35-30-25-20-17-14-11-8-5-2)36-31-26-21-18-15-12-9-6-3/h4-39H2,1-3H3,(H,41,42). The third-order valence-electron chi connectivity index (χ3n) is 9.28. The van der Waals surface area contributed by atoms with E-state index < -0.39 is 7.82 Å². The van der Waals surface area contributed by atoms with Crippen molar-refractivity contribution in [3.8, 4) is 0 Å². The smallest absolute Gasteiger partial charge is 0.303 e. The third-order valence-corrected chi connectivity index (χ3v) is 10.3. The molecule has 0 rings (SSSR count). The maximum atomic E-state index is 12.1. The van der Waals surface area contributed by atoms with Crippen molar-refractivity contribution in [3.63, 3.8) is 0 Å². The van der Waals surface area contributed by atoms with Crippen molar-refractivity contribution in [2.75, 3.05) is 32.8 Å². The fourth-order valence-corrected chi connectivity index (χ4v) is 7.02. The van der Waals surface area contributed by atoms with Crippen molar-refractivity contribution in [1.82, 2.24) is 4.90 Å². The summed E-state index contributed by atoms with van der Waals surface area (Å²) in [5.74, 6) is 0. The molecule has 0 aromatic rings. The molecule has 1 unspecified atom stereocenters. The van der Waals surface area contributed by atoms with Crippen molar-refractivity contribution < 1.29 is 18.5 Å². The minimum absolute atomic E-state index is 0.316. The van der Waals surface area contributed by atoms with E-state index in [0.29, 0.717) is 13.2 Å². The van der Waals surface area contributed by atoms with Crippen LogP contribution in [0.5, 0.6) is 0 Å². The van der Waals surface area contributed by atoms with Gasteiger partial charge >= 0.3 is 7.82 Å². The first-order chi connectivity index (χ1) is 22.1. The number of nitrogens with zero attached hydrogens (tertiary/aromatic N) is 1. The Labute approximate surface area is 283 Å². The summed E-state index contributed by atoms with van der Waals surface area (Å²) in [5, 5.41) is 0. The SMILES string of the molecule is CCCCCCCCCCCOP(=O)(O)OCCCCCCCCN(CCCCCCCCCC)CCCCCCCCCC. The number of unbranched alkanes of at least 4 members (excludes halogenated alkanes) is 27. The molecule has 1 atom stereocenters. The van der Waals surface area contributed by atoms with Crippen LogP contribution in [0.4, 0.5) is 0 Å². The predicted molar refractivity (Wildman–Crippen MR) is 198 cm³/mol. The summed E-state index contributed by atoms with van der Waals surface area (Å²) in [6.45, 7) is 11.3. The van der Waals surface area contributed by atoms with Crippen LogP contribution in [0.15, 0.2) is 0 Å². The maximum Gasteiger partial charge on any atom is 0.472 e. The molecule has 0 saturated carbocycles. The lowest BCUT2D eigenvalue weighted by Gasteiger charge is -2.22. The zero-order valence-electron chi connectivity index (χ0n) is 31.0. The zero-order valence-corrected chi connectivity index (χ0v) is 31.9. The van der Waals surface area contributed by atoms with Crippen LogP contribution in [-0.2, 0) is 13.6 Å². The molecule has 0 heterocycles. The Morgan fingerprint density at radius 2 is 0.600 bits per heavy atom. The van der Waals surface area contributed by atoms with E-state index in [1.165, 1.54) is 193 Å². The van der Waals surface area contributed by atoms with E-state index in [1.807, 2.05) is 0 Å². The van der Waals surface area contributed by atoms with E-state index >= 15 is 0 Å². The van der Waals surface area contributed by atoms with E-state index in [2.05, 4.69) is 25.7 Å². The van der Waals surface area contributed by atoms with Crippen LogP contribution in [0.1, 0.15) is 220 Å². The average molecular weight is 660 g/mol. The Bertz CT molecular complexity index is 586. The van der Waals surface area contributed by atoms with Crippen LogP contribution < -0.4 is 0 Å². The normalized spacial score (nSPS) is 13.2. The van der Waals surface area contributed by atoms with E-state index in [9.17, 15) is 9.46 Å². The first kappa shape index (κ1) is 45.1. The third kappa shape index (κ3) is 36.7. The number of rotatable bonds is 39. The zero-order chi connectivity index (χ0) is 32.9. The molecule has 0 saturated heterocycles. The molecule has 0 aromatic heterocycles. The van der Waals surface area contributed by atoms with Crippen LogP contribution in [0.3, 0.4) is 0 Å². The second-order valence-corrected chi connectivity index (χ2v) is 15.3. The van der Waals surface area contributed by atoms with Crippen molar-refractivity contribution in [1.29, 1.82) is 0 Å².